The van der Waals surface area contributed by atoms with Crippen molar-refractivity contribution in [3.05, 3.63) is 16.4 Å². The van der Waals surface area contributed by atoms with Crippen LogP contribution in [0.1, 0.15) is 11.3 Å². The first-order valence-corrected chi connectivity index (χ1v) is 2.72. The summed E-state index contributed by atoms with van der Waals surface area (Å²) < 4.78 is 0. The molecular formula is C5H4ClN2O. The zero-order chi connectivity index (χ0) is 6.85. The molecule has 47 valence electrons. The Bertz CT molecular complexity index is 211. The molecule has 0 amide bonds. The number of nitrogens with zero attached hydrogens (tertiary/aromatic N) is 1. The standard InChI is InChI=1S/C5H4ClN2O/c1-3-4(2-9)5(6)8-7-3/h1H3,(H,7,8). The van der Waals surface area contributed by atoms with Crippen molar-refractivity contribution in [2.45, 2.75) is 6.92 Å². The van der Waals surface area contributed by atoms with Gasteiger partial charge in [0.1, 0.15) is 5.15 Å². The van der Waals surface area contributed by atoms with Gasteiger partial charge in [0.15, 0.2) is 0 Å². The third kappa shape index (κ3) is 0.954. The zero-order valence-corrected chi connectivity index (χ0v) is 5.49. The number of carbonyl (C=O) groups excluding carboxylic acids is 1. The Kier molecular flexibility index (Phi) is 1.53. The largest absolute Gasteiger partial charge is 0.285 e. The van der Waals surface area contributed by atoms with Gasteiger partial charge in [-0.3, -0.25) is 9.89 Å². The molecule has 1 rings (SSSR count). The van der Waals surface area contributed by atoms with E-state index in [2.05, 4.69) is 10.2 Å². The summed E-state index contributed by atoms with van der Waals surface area (Å²) in [6.45, 7) is 1.68. The molecule has 0 unspecified atom stereocenters. The highest BCUT2D eigenvalue weighted by atomic mass is 35.5. The number of rotatable bonds is 1. The molecule has 0 saturated heterocycles. The molecule has 0 saturated carbocycles. The van der Waals surface area contributed by atoms with Crippen molar-refractivity contribution in [3.63, 3.8) is 0 Å². The fraction of sp³-hybridized carbons (Fsp3) is 0.200. The van der Waals surface area contributed by atoms with Crippen molar-refractivity contribution >= 4 is 17.9 Å². The predicted molar refractivity (Wildman–Crippen MR) is 33.1 cm³/mol. The van der Waals surface area contributed by atoms with Crippen LogP contribution >= 0.6 is 11.6 Å². The molecule has 0 aliphatic carbocycles. The molecule has 0 atom stereocenters. The fourth-order valence-electron chi connectivity index (χ4n) is 0.522. The summed E-state index contributed by atoms with van der Waals surface area (Å²) in [5, 5.41) is 6.36. The highest BCUT2D eigenvalue weighted by Gasteiger charge is 2.05. The highest BCUT2D eigenvalue weighted by Crippen LogP contribution is 2.11. The molecule has 0 aliphatic heterocycles. The molecule has 9 heavy (non-hydrogen) atoms. The maximum Gasteiger partial charge on any atom is 0.238 e. The minimum absolute atomic E-state index is 0.252. The number of nitrogens with one attached hydrogen (secondary N) is 1. The summed E-state index contributed by atoms with van der Waals surface area (Å²) in [6, 6.07) is 0. The van der Waals surface area contributed by atoms with E-state index in [-0.39, 0.29) is 5.15 Å². The normalized spacial score (nSPS) is 9.56. The van der Waals surface area contributed by atoms with Gasteiger partial charge in [-0.25, -0.2) is 0 Å². The van der Waals surface area contributed by atoms with E-state index < -0.39 is 0 Å². The Hall–Kier alpha value is -0.830. The van der Waals surface area contributed by atoms with E-state index in [1.807, 2.05) is 0 Å². The number of halogens is 1. The van der Waals surface area contributed by atoms with E-state index in [9.17, 15) is 4.79 Å². The monoisotopic (exact) mass is 143 g/mol. The SMILES string of the molecule is Cc1n[nH]c(Cl)c1[C]=O. The summed E-state index contributed by atoms with van der Waals surface area (Å²) in [6.07, 6.45) is 1.67. The molecule has 0 aromatic carbocycles. The lowest BCUT2D eigenvalue weighted by Gasteiger charge is -1.79. The van der Waals surface area contributed by atoms with Crippen molar-refractivity contribution in [1.29, 1.82) is 0 Å². The number of aryl methyl sites for hydroxylation is 1. The lowest BCUT2D eigenvalue weighted by Crippen LogP contribution is -1.79. The first-order chi connectivity index (χ1) is 4.25. The van der Waals surface area contributed by atoms with Gasteiger partial charge in [-0.1, -0.05) is 11.6 Å². The molecule has 0 spiro atoms. The quantitative estimate of drug-likeness (QED) is 0.633. The average Bonchev–Trinajstić information content (AvgIpc) is 2.12. The van der Waals surface area contributed by atoms with Crippen LogP contribution in [0.2, 0.25) is 5.15 Å². The molecule has 1 heterocycles. The average molecular weight is 144 g/mol. The van der Waals surface area contributed by atoms with Crippen molar-refractivity contribution in [3.8, 4) is 0 Å². The maximum absolute atomic E-state index is 10.0. The topological polar surface area (TPSA) is 45.8 Å². The van der Waals surface area contributed by atoms with Crippen LogP contribution in [0.25, 0.3) is 0 Å². The molecule has 1 aromatic rings. The van der Waals surface area contributed by atoms with E-state index in [0.29, 0.717) is 11.3 Å². The molecule has 1 N–H and O–H groups in total. The van der Waals surface area contributed by atoms with Crippen LogP contribution in [-0.4, -0.2) is 16.5 Å². The van der Waals surface area contributed by atoms with E-state index >= 15 is 0 Å². The third-order valence-corrected chi connectivity index (χ3v) is 1.28. The van der Waals surface area contributed by atoms with Crippen LogP contribution in [0, 0.1) is 6.92 Å². The van der Waals surface area contributed by atoms with Gasteiger partial charge in [0.2, 0.25) is 6.29 Å². The smallest absolute Gasteiger partial charge is 0.238 e. The summed E-state index contributed by atoms with van der Waals surface area (Å²) in [5.74, 6) is 0. The molecule has 1 radical (unpaired) electrons. The van der Waals surface area contributed by atoms with Crippen LogP contribution in [0.4, 0.5) is 0 Å². The number of hydrogen-bond donors (Lipinski definition) is 1. The second-order valence-corrected chi connectivity index (χ2v) is 1.98. The Labute approximate surface area is 57.0 Å². The van der Waals surface area contributed by atoms with E-state index in [1.54, 1.807) is 13.2 Å². The van der Waals surface area contributed by atoms with Gasteiger partial charge >= 0.3 is 0 Å². The molecule has 4 heteroatoms. The predicted octanol–water partition coefficient (Wildman–Crippen LogP) is 0.829. The van der Waals surface area contributed by atoms with Crippen LogP contribution < -0.4 is 0 Å². The lowest BCUT2D eigenvalue weighted by molar-refractivity contribution is 0.562. The summed E-state index contributed by atoms with van der Waals surface area (Å²) >= 11 is 5.46. The first kappa shape index (κ1) is 6.29. The summed E-state index contributed by atoms with van der Waals surface area (Å²) in [7, 11) is 0. The fourth-order valence-corrected chi connectivity index (χ4v) is 0.740. The van der Waals surface area contributed by atoms with E-state index in [4.69, 9.17) is 11.6 Å². The van der Waals surface area contributed by atoms with Crippen LogP contribution in [-0.2, 0) is 4.79 Å². The van der Waals surface area contributed by atoms with E-state index in [1.165, 1.54) is 0 Å². The van der Waals surface area contributed by atoms with Crippen LogP contribution in [0.15, 0.2) is 0 Å². The van der Waals surface area contributed by atoms with Gasteiger partial charge in [-0.05, 0) is 6.92 Å². The zero-order valence-electron chi connectivity index (χ0n) is 4.73. The third-order valence-electron chi connectivity index (χ3n) is 1.01. The summed E-state index contributed by atoms with van der Waals surface area (Å²) in [5.41, 5.74) is 0.895. The minimum Gasteiger partial charge on any atom is -0.285 e. The van der Waals surface area contributed by atoms with Crippen LogP contribution in [0.3, 0.4) is 0 Å². The molecule has 0 fully saturated rings. The Morgan fingerprint density at radius 2 is 2.44 bits per heavy atom. The minimum atomic E-state index is 0.252. The molecule has 0 bridgehead atoms. The number of aromatic nitrogens is 2. The Balaban J connectivity index is 3.22. The van der Waals surface area contributed by atoms with Gasteiger partial charge in [0.25, 0.3) is 0 Å². The van der Waals surface area contributed by atoms with Gasteiger partial charge in [-0.15, -0.1) is 0 Å². The number of H-pyrrole nitrogens is 1. The number of aromatic amines is 1. The molecule has 1 aromatic heterocycles. The second-order valence-electron chi connectivity index (χ2n) is 1.60. The van der Waals surface area contributed by atoms with Gasteiger partial charge in [0, 0.05) is 0 Å². The van der Waals surface area contributed by atoms with Gasteiger partial charge < -0.3 is 0 Å². The van der Waals surface area contributed by atoms with Gasteiger partial charge in [-0.2, -0.15) is 5.10 Å². The molecule has 0 aliphatic rings. The lowest BCUT2D eigenvalue weighted by atomic mass is 10.3. The van der Waals surface area contributed by atoms with Crippen LogP contribution in [0.5, 0.6) is 0 Å². The van der Waals surface area contributed by atoms with Crippen molar-refractivity contribution in [2.24, 2.45) is 0 Å². The highest BCUT2D eigenvalue weighted by molar-refractivity contribution is 6.31. The molecular weight excluding hydrogens is 140 g/mol. The van der Waals surface area contributed by atoms with Crippen molar-refractivity contribution in [1.82, 2.24) is 10.2 Å². The van der Waals surface area contributed by atoms with E-state index in [0.717, 1.165) is 0 Å². The Morgan fingerprint density at radius 1 is 1.78 bits per heavy atom. The van der Waals surface area contributed by atoms with Crippen molar-refractivity contribution in [2.75, 3.05) is 0 Å². The number of hydrogen-bond acceptors (Lipinski definition) is 2. The maximum atomic E-state index is 10.0. The second kappa shape index (κ2) is 2.19. The summed E-state index contributed by atoms with van der Waals surface area (Å²) in [4.78, 5) is 10.0. The Morgan fingerprint density at radius 3 is 2.67 bits per heavy atom. The van der Waals surface area contributed by atoms with Gasteiger partial charge in [0.05, 0.1) is 11.3 Å². The first-order valence-electron chi connectivity index (χ1n) is 2.34. The molecule has 3 nitrogen and oxygen atoms in total. The van der Waals surface area contributed by atoms with Crippen molar-refractivity contribution < 1.29 is 4.79 Å².